The normalized spacial score (nSPS) is 18.4. The van der Waals surface area contributed by atoms with E-state index >= 15 is 0 Å². The van der Waals surface area contributed by atoms with Crippen molar-refractivity contribution in [2.45, 2.75) is 31.3 Å². The van der Waals surface area contributed by atoms with Crippen molar-refractivity contribution >= 4 is 23.5 Å². The van der Waals surface area contributed by atoms with Crippen LogP contribution in [0.25, 0.3) is 5.69 Å². The first-order chi connectivity index (χ1) is 14.4. The molecular formula is C23H25N3O3S. The zero-order chi connectivity index (χ0) is 21.4. The summed E-state index contributed by atoms with van der Waals surface area (Å²) >= 11 is 1.59. The minimum absolute atomic E-state index is 0.0361. The van der Waals surface area contributed by atoms with Crippen LogP contribution in [0.1, 0.15) is 34.6 Å². The first-order valence-electron chi connectivity index (χ1n) is 9.78. The van der Waals surface area contributed by atoms with Gasteiger partial charge in [-0.1, -0.05) is 24.3 Å². The minimum atomic E-state index is -0.237. The highest BCUT2D eigenvalue weighted by molar-refractivity contribution is 8.01. The van der Waals surface area contributed by atoms with Crippen LogP contribution in [0.3, 0.4) is 0 Å². The summed E-state index contributed by atoms with van der Waals surface area (Å²) in [6, 6.07) is 13.8. The number of fused-ring (bicyclic) bond motifs is 1. The summed E-state index contributed by atoms with van der Waals surface area (Å²) in [7, 11) is 3.28. The molecule has 0 saturated carbocycles. The Morgan fingerprint density at radius 1 is 1.10 bits per heavy atom. The van der Waals surface area contributed by atoms with E-state index in [4.69, 9.17) is 14.6 Å². The SMILES string of the molecule is COc1ccc([C@@H]2S[C@H](C)C(=O)Nc3c2c(C)nn3-c2ccccc2C)c(OC)c1. The Kier molecular flexibility index (Phi) is 5.47. The molecule has 6 nitrogen and oxygen atoms in total. The van der Waals surface area contributed by atoms with Gasteiger partial charge in [0.1, 0.15) is 17.3 Å². The largest absolute Gasteiger partial charge is 0.497 e. The van der Waals surface area contributed by atoms with E-state index in [0.29, 0.717) is 5.82 Å². The van der Waals surface area contributed by atoms with Crippen LogP contribution in [0.2, 0.25) is 0 Å². The molecule has 1 aliphatic rings. The fourth-order valence-corrected chi connectivity index (χ4v) is 5.12. The van der Waals surface area contributed by atoms with Crippen LogP contribution in [0.5, 0.6) is 11.5 Å². The van der Waals surface area contributed by atoms with Crippen LogP contribution in [0, 0.1) is 13.8 Å². The topological polar surface area (TPSA) is 65.4 Å². The van der Waals surface area contributed by atoms with Crippen molar-refractivity contribution < 1.29 is 14.3 Å². The van der Waals surface area contributed by atoms with Gasteiger partial charge in [-0.2, -0.15) is 5.10 Å². The first kappa shape index (κ1) is 20.3. The number of ether oxygens (including phenoxy) is 2. The summed E-state index contributed by atoms with van der Waals surface area (Å²) in [5, 5.41) is 7.58. The van der Waals surface area contributed by atoms with Gasteiger partial charge in [0.25, 0.3) is 0 Å². The van der Waals surface area contributed by atoms with Gasteiger partial charge < -0.3 is 14.8 Å². The number of aryl methyl sites for hydroxylation is 2. The molecule has 4 rings (SSSR count). The molecule has 1 aromatic heterocycles. The quantitative estimate of drug-likeness (QED) is 0.661. The number of benzene rings is 2. The van der Waals surface area contributed by atoms with Crippen LogP contribution in [-0.2, 0) is 4.79 Å². The van der Waals surface area contributed by atoms with Gasteiger partial charge in [0, 0.05) is 17.2 Å². The summed E-state index contributed by atoms with van der Waals surface area (Å²) in [4.78, 5) is 12.9. The Balaban J connectivity index is 1.94. The lowest BCUT2D eigenvalue weighted by molar-refractivity contribution is -0.115. The third kappa shape index (κ3) is 3.43. The van der Waals surface area contributed by atoms with Crippen molar-refractivity contribution in [3.63, 3.8) is 0 Å². The molecule has 156 valence electrons. The number of methoxy groups -OCH3 is 2. The lowest BCUT2D eigenvalue weighted by Gasteiger charge is -2.20. The number of hydrogen-bond acceptors (Lipinski definition) is 5. The average Bonchev–Trinajstić information content (AvgIpc) is 2.99. The van der Waals surface area contributed by atoms with Crippen molar-refractivity contribution in [2.24, 2.45) is 0 Å². The highest BCUT2D eigenvalue weighted by Crippen LogP contribution is 2.49. The molecule has 30 heavy (non-hydrogen) atoms. The summed E-state index contributed by atoms with van der Waals surface area (Å²) in [6.45, 7) is 5.95. The van der Waals surface area contributed by atoms with Crippen molar-refractivity contribution in [1.82, 2.24) is 9.78 Å². The van der Waals surface area contributed by atoms with E-state index in [1.54, 1.807) is 26.0 Å². The lowest BCUT2D eigenvalue weighted by atomic mass is 10.0. The molecule has 0 bridgehead atoms. The van der Waals surface area contributed by atoms with Gasteiger partial charge in [-0.15, -0.1) is 11.8 Å². The standard InChI is InChI=1S/C23H25N3O3S/c1-13-8-6-7-9-18(13)26-22-20(14(2)25-26)21(30-15(3)23(27)24-22)17-11-10-16(28-4)12-19(17)29-5/h6-12,15,21H,1-5H3,(H,24,27)/t15-,21+/m1/s1. The number of aromatic nitrogens is 2. The van der Waals surface area contributed by atoms with Crippen molar-refractivity contribution in [2.75, 3.05) is 19.5 Å². The first-order valence-corrected chi connectivity index (χ1v) is 10.7. The van der Waals surface area contributed by atoms with E-state index in [-0.39, 0.29) is 16.4 Å². The number of nitrogens with zero attached hydrogens (tertiary/aromatic N) is 2. The second-order valence-electron chi connectivity index (χ2n) is 7.30. The number of amides is 1. The second-order valence-corrected chi connectivity index (χ2v) is 8.75. The molecule has 2 aromatic carbocycles. The van der Waals surface area contributed by atoms with E-state index in [2.05, 4.69) is 5.32 Å². The molecule has 0 unspecified atom stereocenters. The highest BCUT2D eigenvalue weighted by atomic mass is 32.2. The predicted molar refractivity (Wildman–Crippen MR) is 120 cm³/mol. The maximum atomic E-state index is 12.9. The molecule has 0 aliphatic carbocycles. The number of para-hydroxylation sites is 1. The van der Waals surface area contributed by atoms with Gasteiger partial charge in [0.15, 0.2) is 0 Å². The van der Waals surface area contributed by atoms with E-state index in [0.717, 1.165) is 39.6 Å². The molecule has 2 heterocycles. The zero-order valence-electron chi connectivity index (χ0n) is 17.7. The third-order valence-electron chi connectivity index (χ3n) is 5.39. The van der Waals surface area contributed by atoms with E-state index < -0.39 is 0 Å². The zero-order valence-corrected chi connectivity index (χ0v) is 18.5. The van der Waals surface area contributed by atoms with Crippen molar-refractivity contribution in [3.05, 3.63) is 64.8 Å². The number of hydrogen-bond donors (Lipinski definition) is 1. The monoisotopic (exact) mass is 423 g/mol. The second kappa shape index (κ2) is 8.07. The lowest BCUT2D eigenvalue weighted by Crippen LogP contribution is -2.22. The Morgan fingerprint density at radius 2 is 1.87 bits per heavy atom. The summed E-state index contributed by atoms with van der Waals surface area (Å²) in [5.74, 6) is 2.13. The molecule has 3 aromatic rings. The van der Waals surface area contributed by atoms with Crippen LogP contribution in [0.4, 0.5) is 5.82 Å². The van der Waals surface area contributed by atoms with Crippen LogP contribution in [-0.4, -0.2) is 35.2 Å². The average molecular weight is 424 g/mol. The van der Waals surface area contributed by atoms with E-state index in [1.807, 2.05) is 67.9 Å². The minimum Gasteiger partial charge on any atom is -0.497 e. The molecule has 1 aliphatic heterocycles. The van der Waals surface area contributed by atoms with Crippen LogP contribution in [0.15, 0.2) is 42.5 Å². The molecule has 0 radical (unpaired) electrons. The molecule has 0 spiro atoms. The molecular weight excluding hydrogens is 398 g/mol. The predicted octanol–water partition coefficient (Wildman–Crippen LogP) is 4.67. The third-order valence-corrected chi connectivity index (χ3v) is 6.77. The Morgan fingerprint density at radius 3 is 2.57 bits per heavy atom. The number of anilines is 1. The van der Waals surface area contributed by atoms with Crippen molar-refractivity contribution in [3.8, 4) is 17.2 Å². The number of rotatable bonds is 4. The summed E-state index contributed by atoms with van der Waals surface area (Å²) in [6.07, 6.45) is 0. The number of nitrogens with one attached hydrogen (secondary N) is 1. The Labute approximate surface area is 180 Å². The maximum Gasteiger partial charge on any atom is 0.238 e. The number of carbonyl (C=O) groups excluding carboxylic acids is 1. The molecule has 7 heteroatoms. The van der Waals surface area contributed by atoms with Gasteiger partial charge in [0.2, 0.25) is 5.91 Å². The molecule has 1 amide bonds. The smallest absolute Gasteiger partial charge is 0.238 e. The number of thioether (sulfide) groups is 1. The molecule has 0 saturated heterocycles. The van der Waals surface area contributed by atoms with E-state index in [1.165, 1.54) is 0 Å². The molecule has 0 fully saturated rings. The van der Waals surface area contributed by atoms with Crippen LogP contribution < -0.4 is 14.8 Å². The number of carbonyl (C=O) groups is 1. The van der Waals surface area contributed by atoms with Gasteiger partial charge in [-0.05, 0) is 38.5 Å². The Bertz CT molecular complexity index is 1110. The van der Waals surface area contributed by atoms with Crippen LogP contribution >= 0.6 is 11.8 Å². The fourth-order valence-electron chi connectivity index (χ4n) is 3.77. The van der Waals surface area contributed by atoms with Gasteiger partial charge in [0.05, 0.1) is 36.1 Å². The molecule has 1 N–H and O–H groups in total. The Hall–Kier alpha value is -2.93. The van der Waals surface area contributed by atoms with Crippen molar-refractivity contribution in [1.29, 1.82) is 0 Å². The fraction of sp³-hybridized carbons (Fsp3) is 0.304. The summed E-state index contributed by atoms with van der Waals surface area (Å²) in [5.41, 5.74) is 4.88. The van der Waals surface area contributed by atoms with E-state index in [9.17, 15) is 4.79 Å². The summed E-state index contributed by atoms with van der Waals surface area (Å²) < 4.78 is 12.9. The van der Waals surface area contributed by atoms with Gasteiger partial charge >= 0.3 is 0 Å². The maximum absolute atomic E-state index is 12.9. The van der Waals surface area contributed by atoms with Gasteiger partial charge in [-0.25, -0.2) is 4.68 Å². The van der Waals surface area contributed by atoms with Gasteiger partial charge in [-0.3, -0.25) is 4.79 Å². The molecule has 2 atom stereocenters. The highest BCUT2D eigenvalue weighted by Gasteiger charge is 2.35.